The van der Waals surface area contributed by atoms with Crippen LogP contribution < -0.4 is 10.1 Å². The van der Waals surface area contributed by atoms with E-state index < -0.39 is 17.8 Å². The number of nitrogens with zero attached hydrogens (tertiary/aromatic N) is 3. The third-order valence-corrected chi connectivity index (χ3v) is 4.75. The van der Waals surface area contributed by atoms with E-state index in [9.17, 15) is 18.3 Å². The molecule has 0 saturated carbocycles. The van der Waals surface area contributed by atoms with E-state index in [0.717, 1.165) is 17.8 Å². The second kappa shape index (κ2) is 11.3. The molecule has 0 aliphatic heterocycles. The van der Waals surface area contributed by atoms with Gasteiger partial charge in [-0.3, -0.25) is 0 Å². The first-order valence-corrected chi connectivity index (χ1v) is 11.0. The van der Waals surface area contributed by atoms with Gasteiger partial charge in [-0.05, 0) is 49.2 Å². The van der Waals surface area contributed by atoms with Crippen molar-refractivity contribution < 1.29 is 27.8 Å². The zero-order valence-electron chi connectivity index (χ0n) is 19.3. The molecule has 34 heavy (non-hydrogen) atoms. The maximum absolute atomic E-state index is 12.9. The molecular formula is C24H29F3N4O3. The van der Waals surface area contributed by atoms with Gasteiger partial charge in [-0.1, -0.05) is 26.0 Å². The largest absolute Gasteiger partial charge is 0.463 e. The molecule has 7 nitrogen and oxygen atoms in total. The minimum absolute atomic E-state index is 0.129. The summed E-state index contributed by atoms with van der Waals surface area (Å²) < 4.78 is 51.2. The number of anilines is 1. The molecule has 0 aliphatic rings. The molecule has 1 atom stereocenters. The first-order valence-electron chi connectivity index (χ1n) is 11.0. The van der Waals surface area contributed by atoms with Crippen LogP contribution in [0.2, 0.25) is 0 Å². The van der Waals surface area contributed by atoms with E-state index in [1.807, 2.05) is 26.0 Å². The fraction of sp³-hybridized carbons (Fsp3) is 0.417. The summed E-state index contributed by atoms with van der Waals surface area (Å²) in [4.78, 5) is 4.35. The Morgan fingerprint density at radius 2 is 1.71 bits per heavy atom. The summed E-state index contributed by atoms with van der Waals surface area (Å²) in [5.74, 6) is 0.760. The number of rotatable bonds is 11. The van der Waals surface area contributed by atoms with Crippen molar-refractivity contribution in [1.82, 2.24) is 14.8 Å². The molecule has 0 bridgehead atoms. The lowest BCUT2D eigenvalue weighted by atomic mass is 10.1. The Morgan fingerprint density at radius 1 is 1.03 bits per heavy atom. The van der Waals surface area contributed by atoms with Gasteiger partial charge in [0.1, 0.15) is 0 Å². The van der Waals surface area contributed by atoms with Crippen molar-refractivity contribution in [3.8, 4) is 23.1 Å². The Bertz CT molecular complexity index is 1040. The number of benzene rings is 2. The third-order valence-electron chi connectivity index (χ3n) is 4.75. The van der Waals surface area contributed by atoms with Crippen molar-refractivity contribution in [1.29, 1.82) is 0 Å². The Balaban J connectivity index is 1.75. The smallest absolute Gasteiger partial charge is 0.416 e. The lowest BCUT2D eigenvalue weighted by molar-refractivity contribution is -0.137. The third kappa shape index (κ3) is 6.94. The maximum Gasteiger partial charge on any atom is 0.416 e. The number of halogens is 3. The van der Waals surface area contributed by atoms with E-state index in [0.29, 0.717) is 42.8 Å². The standard InChI is InChI=1S/C24H29F3N4O3/c1-4-34-23-29-22(17-5-7-18(8-6-17)24(25,26)27)31(30-23)20-11-9-19(10-12-20)28-13-21(32)15-33-14-16(2)3/h5-12,16,21,28,32H,4,13-15H2,1-3H3/t21-/m1/s1. The molecule has 0 radical (unpaired) electrons. The highest BCUT2D eigenvalue weighted by atomic mass is 19.4. The van der Waals surface area contributed by atoms with Gasteiger partial charge < -0.3 is 19.9 Å². The number of aliphatic hydroxyl groups excluding tert-OH is 1. The molecule has 0 saturated heterocycles. The van der Waals surface area contributed by atoms with Crippen LogP contribution in [-0.2, 0) is 10.9 Å². The van der Waals surface area contributed by atoms with Gasteiger partial charge in [-0.25, -0.2) is 4.68 Å². The molecule has 3 rings (SSSR count). The molecule has 0 fully saturated rings. The second-order valence-corrected chi connectivity index (χ2v) is 8.15. The maximum atomic E-state index is 12.9. The van der Waals surface area contributed by atoms with Crippen LogP contribution in [0.4, 0.5) is 18.9 Å². The number of hydrogen-bond donors (Lipinski definition) is 2. The molecular weight excluding hydrogens is 449 g/mol. The molecule has 3 aromatic rings. The zero-order valence-corrected chi connectivity index (χ0v) is 19.3. The summed E-state index contributed by atoms with van der Waals surface area (Å²) in [7, 11) is 0. The van der Waals surface area contributed by atoms with Gasteiger partial charge >= 0.3 is 12.2 Å². The fourth-order valence-electron chi connectivity index (χ4n) is 3.11. The van der Waals surface area contributed by atoms with Crippen LogP contribution in [0.1, 0.15) is 26.3 Å². The van der Waals surface area contributed by atoms with Crippen molar-refractivity contribution in [2.45, 2.75) is 33.1 Å². The van der Waals surface area contributed by atoms with Crippen LogP contribution in [0, 0.1) is 5.92 Å². The van der Waals surface area contributed by atoms with Crippen LogP contribution >= 0.6 is 0 Å². The van der Waals surface area contributed by atoms with E-state index in [4.69, 9.17) is 9.47 Å². The van der Waals surface area contributed by atoms with Crippen LogP contribution in [0.25, 0.3) is 17.1 Å². The molecule has 0 unspecified atom stereocenters. The van der Waals surface area contributed by atoms with Crippen molar-refractivity contribution in [3.05, 3.63) is 54.1 Å². The van der Waals surface area contributed by atoms with E-state index in [2.05, 4.69) is 15.4 Å². The van der Waals surface area contributed by atoms with Gasteiger partial charge in [0.05, 0.1) is 30.6 Å². The topological polar surface area (TPSA) is 81.4 Å². The summed E-state index contributed by atoms with van der Waals surface area (Å²) in [6, 6.07) is 12.1. The second-order valence-electron chi connectivity index (χ2n) is 8.15. The Hall–Kier alpha value is -3.11. The molecule has 0 aliphatic carbocycles. The number of alkyl halides is 3. The van der Waals surface area contributed by atoms with Crippen LogP contribution in [0.3, 0.4) is 0 Å². The highest BCUT2D eigenvalue weighted by Gasteiger charge is 2.30. The number of ether oxygens (including phenoxy) is 2. The summed E-state index contributed by atoms with van der Waals surface area (Å²) in [6.45, 7) is 7.40. The predicted octanol–water partition coefficient (Wildman–Crippen LogP) is 4.80. The molecule has 2 N–H and O–H groups in total. The van der Waals surface area contributed by atoms with Gasteiger partial charge in [-0.2, -0.15) is 18.2 Å². The number of hydrogen-bond acceptors (Lipinski definition) is 6. The summed E-state index contributed by atoms with van der Waals surface area (Å²) >= 11 is 0. The average Bonchev–Trinajstić information content (AvgIpc) is 3.21. The van der Waals surface area contributed by atoms with Crippen molar-refractivity contribution in [2.24, 2.45) is 5.92 Å². The minimum Gasteiger partial charge on any atom is -0.463 e. The van der Waals surface area contributed by atoms with Gasteiger partial charge in [0.25, 0.3) is 0 Å². The summed E-state index contributed by atoms with van der Waals surface area (Å²) in [5, 5.41) is 17.5. The van der Waals surface area contributed by atoms with Gasteiger partial charge in [0.2, 0.25) is 0 Å². The molecule has 10 heteroatoms. The van der Waals surface area contributed by atoms with Crippen LogP contribution in [0.5, 0.6) is 6.01 Å². The SMILES string of the molecule is CCOc1nc(-c2ccc(C(F)(F)F)cc2)n(-c2ccc(NC[C@@H](O)COCC(C)C)cc2)n1. The Labute approximate surface area is 196 Å². The van der Waals surface area contributed by atoms with Gasteiger partial charge in [0.15, 0.2) is 5.82 Å². The monoisotopic (exact) mass is 478 g/mol. The minimum atomic E-state index is -4.42. The molecule has 1 heterocycles. The molecule has 0 amide bonds. The molecule has 184 valence electrons. The van der Waals surface area contributed by atoms with Crippen molar-refractivity contribution in [3.63, 3.8) is 0 Å². The predicted molar refractivity (Wildman–Crippen MR) is 123 cm³/mol. The lowest BCUT2D eigenvalue weighted by Crippen LogP contribution is -2.25. The summed E-state index contributed by atoms with van der Waals surface area (Å²) in [6.07, 6.45) is -5.06. The van der Waals surface area contributed by atoms with Gasteiger partial charge in [-0.15, -0.1) is 5.10 Å². The highest BCUT2D eigenvalue weighted by molar-refractivity contribution is 5.60. The molecule has 0 spiro atoms. The Kier molecular flexibility index (Phi) is 8.51. The van der Waals surface area contributed by atoms with E-state index in [-0.39, 0.29) is 12.6 Å². The molecule has 1 aromatic heterocycles. The number of aromatic nitrogens is 3. The summed E-state index contributed by atoms with van der Waals surface area (Å²) in [5.41, 5.74) is 1.17. The van der Waals surface area contributed by atoms with E-state index >= 15 is 0 Å². The number of aliphatic hydroxyl groups is 1. The molecule has 2 aromatic carbocycles. The lowest BCUT2D eigenvalue weighted by Gasteiger charge is -2.14. The van der Waals surface area contributed by atoms with Crippen LogP contribution in [-0.4, -0.2) is 52.3 Å². The normalized spacial score (nSPS) is 12.7. The quantitative estimate of drug-likeness (QED) is 0.412. The van der Waals surface area contributed by atoms with Crippen LogP contribution in [0.15, 0.2) is 48.5 Å². The Morgan fingerprint density at radius 3 is 2.29 bits per heavy atom. The van der Waals surface area contributed by atoms with Crippen molar-refractivity contribution in [2.75, 3.05) is 31.7 Å². The highest BCUT2D eigenvalue weighted by Crippen LogP contribution is 2.31. The average molecular weight is 479 g/mol. The van der Waals surface area contributed by atoms with E-state index in [1.165, 1.54) is 16.8 Å². The fourth-order valence-corrected chi connectivity index (χ4v) is 3.11. The number of nitrogens with one attached hydrogen (secondary N) is 1. The zero-order chi connectivity index (χ0) is 24.7. The van der Waals surface area contributed by atoms with Crippen molar-refractivity contribution >= 4 is 5.69 Å². The first kappa shape index (κ1) is 25.5. The van der Waals surface area contributed by atoms with E-state index in [1.54, 1.807) is 19.1 Å². The first-order chi connectivity index (χ1) is 16.2. The van der Waals surface area contributed by atoms with Gasteiger partial charge in [0, 0.05) is 24.4 Å².